The number of carbonyl (C=O) groups is 1. The van der Waals surface area contributed by atoms with Crippen molar-refractivity contribution in [2.24, 2.45) is 0 Å². The zero-order valence-electron chi connectivity index (χ0n) is 17.6. The second-order valence-corrected chi connectivity index (χ2v) is 9.14. The fraction of sp³-hybridized carbons (Fsp3) is 0.409. The van der Waals surface area contributed by atoms with Gasteiger partial charge in [0.05, 0.1) is 17.0 Å². The van der Waals surface area contributed by atoms with Crippen LogP contribution < -0.4 is 9.46 Å². The molecule has 0 bridgehead atoms. The van der Waals surface area contributed by atoms with Crippen molar-refractivity contribution in [3.8, 4) is 11.5 Å². The highest BCUT2D eigenvalue weighted by molar-refractivity contribution is 7.92. The molecular weight excluding hydrogens is 447 g/mol. The molecule has 0 aliphatic heterocycles. The molecule has 0 fully saturated rings. The molecule has 0 aliphatic carbocycles. The van der Waals surface area contributed by atoms with E-state index in [4.69, 9.17) is 4.74 Å². The SMILES string of the molecule is CCCCCCCCS(=O)(=O)Nc1cc(C(F)(F)F)ccc1Oc1ccccc1C(=O)O. The molecule has 0 spiro atoms. The number of unbranched alkanes of at least 4 members (excludes halogenated alkanes) is 5. The molecule has 2 rings (SSSR count). The normalized spacial score (nSPS) is 11.9. The summed E-state index contributed by atoms with van der Waals surface area (Å²) in [6, 6.07) is 7.90. The fourth-order valence-electron chi connectivity index (χ4n) is 3.02. The van der Waals surface area contributed by atoms with Crippen LogP contribution in [0.2, 0.25) is 0 Å². The Morgan fingerprint density at radius 1 is 1.00 bits per heavy atom. The van der Waals surface area contributed by atoms with E-state index in [1.54, 1.807) is 0 Å². The standard InChI is InChI=1S/C22H26F3NO5S/c1-2-3-4-5-6-9-14-32(29,30)26-18-15-16(22(23,24)25)12-13-20(18)31-19-11-8-7-10-17(19)21(27)28/h7-8,10-13,15,26H,2-6,9,14H2,1H3,(H,27,28). The number of ether oxygens (including phenoxy) is 1. The number of alkyl halides is 3. The molecule has 0 saturated heterocycles. The Balaban J connectivity index is 2.26. The molecule has 2 N–H and O–H groups in total. The largest absolute Gasteiger partial charge is 0.478 e. The summed E-state index contributed by atoms with van der Waals surface area (Å²) in [6.07, 6.45) is 0.370. The number of anilines is 1. The number of carboxylic acids is 1. The van der Waals surface area contributed by atoms with Crippen molar-refractivity contribution >= 4 is 21.7 Å². The molecule has 0 atom stereocenters. The zero-order valence-corrected chi connectivity index (χ0v) is 18.4. The van der Waals surface area contributed by atoms with Gasteiger partial charge in [-0.2, -0.15) is 13.2 Å². The van der Waals surface area contributed by atoms with Crippen LogP contribution in [0.1, 0.15) is 61.4 Å². The quantitative estimate of drug-likeness (QED) is 0.353. The van der Waals surface area contributed by atoms with Gasteiger partial charge >= 0.3 is 12.1 Å². The van der Waals surface area contributed by atoms with E-state index in [1.165, 1.54) is 24.3 Å². The molecule has 176 valence electrons. The Morgan fingerprint density at radius 3 is 2.31 bits per heavy atom. The van der Waals surface area contributed by atoms with Gasteiger partial charge in [-0.05, 0) is 36.8 Å². The van der Waals surface area contributed by atoms with Gasteiger partial charge in [-0.3, -0.25) is 4.72 Å². The number of rotatable bonds is 12. The summed E-state index contributed by atoms with van der Waals surface area (Å²) in [4.78, 5) is 11.4. The number of benzene rings is 2. The first-order valence-corrected chi connectivity index (χ1v) is 11.9. The minimum absolute atomic E-state index is 0.129. The number of hydrogen-bond acceptors (Lipinski definition) is 4. The van der Waals surface area contributed by atoms with E-state index < -0.39 is 33.4 Å². The molecule has 2 aromatic carbocycles. The van der Waals surface area contributed by atoms with Crippen LogP contribution in [0.3, 0.4) is 0 Å². The minimum Gasteiger partial charge on any atom is -0.478 e. The summed E-state index contributed by atoms with van der Waals surface area (Å²) in [5, 5.41) is 9.28. The van der Waals surface area contributed by atoms with Gasteiger partial charge in [0.25, 0.3) is 0 Å². The summed E-state index contributed by atoms with van der Waals surface area (Å²) in [5.74, 6) is -1.91. The van der Waals surface area contributed by atoms with Crippen molar-refractivity contribution in [1.82, 2.24) is 0 Å². The predicted molar refractivity (Wildman–Crippen MR) is 116 cm³/mol. The van der Waals surface area contributed by atoms with Crippen molar-refractivity contribution < 1.29 is 36.2 Å². The summed E-state index contributed by atoms with van der Waals surface area (Å²) in [5.41, 5.74) is -1.69. The summed E-state index contributed by atoms with van der Waals surface area (Å²) >= 11 is 0. The maximum atomic E-state index is 13.2. The molecule has 0 aliphatic rings. The molecule has 0 radical (unpaired) electrons. The number of aromatic carboxylic acids is 1. The van der Waals surface area contributed by atoms with Crippen LogP contribution >= 0.6 is 0 Å². The second kappa shape index (κ2) is 11.2. The van der Waals surface area contributed by atoms with Crippen LogP contribution in [0.15, 0.2) is 42.5 Å². The molecule has 32 heavy (non-hydrogen) atoms. The van der Waals surface area contributed by atoms with Gasteiger partial charge in [-0.25, -0.2) is 13.2 Å². The van der Waals surface area contributed by atoms with E-state index in [0.717, 1.165) is 37.8 Å². The average molecular weight is 474 g/mol. The van der Waals surface area contributed by atoms with Gasteiger partial charge in [-0.1, -0.05) is 51.2 Å². The lowest BCUT2D eigenvalue weighted by molar-refractivity contribution is -0.137. The van der Waals surface area contributed by atoms with Crippen LogP contribution in [-0.4, -0.2) is 25.2 Å². The van der Waals surface area contributed by atoms with Crippen LogP contribution in [0.5, 0.6) is 11.5 Å². The van der Waals surface area contributed by atoms with Crippen molar-refractivity contribution in [2.45, 2.75) is 51.6 Å². The van der Waals surface area contributed by atoms with Crippen molar-refractivity contribution in [2.75, 3.05) is 10.5 Å². The maximum absolute atomic E-state index is 13.2. The Kier molecular flexibility index (Phi) is 8.94. The van der Waals surface area contributed by atoms with E-state index in [9.17, 15) is 31.5 Å². The Morgan fingerprint density at radius 2 is 1.66 bits per heavy atom. The third kappa shape index (κ3) is 7.74. The minimum atomic E-state index is -4.70. The van der Waals surface area contributed by atoms with Crippen LogP contribution in [0.25, 0.3) is 0 Å². The summed E-state index contributed by atoms with van der Waals surface area (Å²) < 4.78 is 72.2. The zero-order chi connectivity index (χ0) is 23.8. The molecule has 10 heteroatoms. The molecule has 0 aromatic heterocycles. The highest BCUT2D eigenvalue weighted by Crippen LogP contribution is 2.38. The lowest BCUT2D eigenvalue weighted by Crippen LogP contribution is -2.18. The van der Waals surface area contributed by atoms with Crippen LogP contribution in [0.4, 0.5) is 18.9 Å². The Bertz CT molecular complexity index is 1020. The number of hydrogen-bond donors (Lipinski definition) is 2. The lowest BCUT2D eigenvalue weighted by atomic mass is 10.1. The van der Waals surface area contributed by atoms with E-state index in [2.05, 4.69) is 11.6 Å². The van der Waals surface area contributed by atoms with Gasteiger partial charge in [0, 0.05) is 0 Å². The van der Waals surface area contributed by atoms with Crippen molar-refractivity contribution in [3.05, 3.63) is 53.6 Å². The first-order chi connectivity index (χ1) is 15.0. The first kappa shape index (κ1) is 25.5. The molecule has 0 saturated carbocycles. The molecule has 0 unspecified atom stereocenters. The Hall–Kier alpha value is -2.75. The average Bonchev–Trinajstić information content (AvgIpc) is 2.71. The van der Waals surface area contributed by atoms with Gasteiger partial charge in [0.2, 0.25) is 10.0 Å². The molecule has 0 amide bonds. The van der Waals surface area contributed by atoms with Crippen molar-refractivity contribution in [1.29, 1.82) is 0 Å². The first-order valence-electron chi connectivity index (χ1n) is 10.3. The highest BCUT2D eigenvalue weighted by atomic mass is 32.2. The number of halogens is 3. The van der Waals surface area contributed by atoms with Gasteiger partial charge < -0.3 is 9.84 Å². The van der Waals surface area contributed by atoms with Gasteiger partial charge in [0.15, 0.2) is 5.75 Å². The highest BCUT2D eigenvalue weighted by Gasteiger charge is 2.32. The van der Waals surface area contributed by atoms with E-state index >= 15 is 0 Å². The third-order valence-corrected chi connectivity index (χ3v) is 6.03. The molecule has 2 aromatic rings. The van der Waals surface area contributed by atoms with Crippen molar-refractivity contribution in [3.63, 3.8) is 0 Å². The predicted octanol–water partition coefficient (Wildman–Crippen LogP) is 6.30. The Labute approximate surface area is 185 Å². The van der Waals surface area contributed by atoms with Gasteiger partial charge in [-0.15, -0.1) is 0 Å². The third-order valence-electron chi connectivity index (χ3n) is 4.68. The monoisotopic (exact) mass is 473 g/mol. The van der Waals surface area contributed by atoms with Crippen LogP contribution in [0, 0.1) is 0 Å². The maximum Gasteiger partial charge on any atom is 0.416 e. The molecular formula is C22H26F3NO5S. The van der Waals surface area contributed by atoms with E-state index in [-0.39, 0.29) is 22.8 Å². The summed E-state index contributed by atoms with van der Waals surface area (Å²) in [6.45, 7) is 2.07. The van der Waals surface area contributed by atoms with E-state index in [1.807, 2.05) is 0 Å². The number of carboxylic acid groups (broad SMARTS) is 1. The summed E-state index contributed by atoms with van der Waals surface area (Å²) in [7, 11) is -3.94. The lowest BCUT2D eigenvalue weighted by Gasteiger charge is -2.17. The van der Waals surface area contributed by atoms with Crippen LogP contribution in [-0.2, 0) is 16.2 Å². The molecule has 0 heterocycles. The van der Waals surface area contributed by atoms with E-state index in [0.29, 0.717) is 18.9 Å². The topological polar surface area (TPSA) is 92.7 Å². The second-order valence-electron chi connectivity index (χ2n) is 7.30. The molecule has 6 nitrogen and oxygen atoms in total. The number of sulfonamides is 1. The number of para-hydroxylation sites is 1. The van der Waals surface area contributed by atoms with Gasteiger partial charge in [0.1, 0.15) is 11.3 Å². The fourth-order valence-corrected chi connectivity index (χ4v) is 4.20. The smallest absolute Gasteiger partial charge is 0.416 e. The number of nitrogens with one attached hydrogen (secondary N) is 1.